The molecule has 0 spiro atoms. The molecule has 1 aromatic carbocycles. The van der Waals surface area contributed by atoms with Gasteiger partial charge in [-0.25, -0.2) is 4.79 Å². The number of likely N-dealkylation sites (tertiary alicyclic amines) is 1. The Morgan fingerprint density at radius 3 is 2.83 bits per heavy atom. The van der Waals surface area contributed by atoms with E-state index in [1.807, 2.05) is 12.1 Å². The van der Waals surface area contributed by atoms with Gasteiger partial charge in [-0.15, -0.1) is 0 Å². The number of amides is 1. The monoisotopic (exact) mass is 414 g/mol. The highest BCUT2D eigenvalue weighted by atomic mass is 16.6. The SMILES string of the molecule is CCN(C)C1Cc2ccc(OC)c3c2C2C(O3)C(OC(=O)N3CCCC3)=CCC21O. The number of likely N-dealkylation sites (N-methyl/N-ethyl adjacent to an activating group) is 1. The number of aliphatic hydroxyl groups is 1. The fourth-order valence-corrected chi connectivity index (χ4v) is 5.66. The van der Waals surface area contributed by atoms with Gasteiger partial charge in [0.1, 0.15) is 5.76 Å². The number of rotatable bonds is 4. The van der Waals surface area contributed by atoms with Crippen molar-refractivity contribution in [1.29, 1.82) is 0 Å². The molecule has 4 atom stereocenters. The number of nitrogens with zero attached hydrogens (tertiary/aromatic N) is 2. The van der Waals surface area contributed by atoms with Crippen LogP contribution >= 0.6 is 0 Å². The van der Waals surface area contributed by atoms with Crippen molar-refractivity contribution in [3.8, 4) is 11.5 Å². The summed E-state index contributed by atoms with van der Waals surface area (Å²) in [5.74, 6) is 1.53. The summed E-state index contributed by atoms with van der Waals surface area (Å²) in [6.45, 7) is 4.39. The van der Waals surface area contributed by atoms with Crippen molar-refractivity contribution >= 4 is 6.09 Å². The molecule has 0 saturated carbocycles. The van der Waals surface area contributed by atoms with Crippen molar-refractivity contribution in [2.75, 3.05) is 33.8 Å². The van der Waals surface area contributed by atoms with Crippen LogP contribution in [0.5, 0.6) is 11.5 Å². The zero-order chi connectivity index (χ0) is 21.0. The summed E-state index contributed by atoms with van der Waals surface area (Å²) in [7, 11) is 3.67. The van der Waals surface area contributed by atoms with Gasteiger partial charge in [0.15, 0.2) is 17.6 Å². The molecule has 4 aliphatic rings. The van der Waals surface area contributed by atoms with Crippen molar-refractivity contribution in [3.05, 3.63) is 35.1 Å². The molecule has 1 saturated heterocycles. The molecular formula is C23H30N2O5. The smallest absolute Gasteiger partial charge is 0.415 e. The molecule has 1 amide bonds. The van der Waals surface area contributed by atoms with Crippen LogP contribution in [-0.2, 0) is 11.2 Å². The Hall–Kier alpha value is -2.25. The number of hydrogen-bond donors (Lipinski definition) is 1. The zero-order valence-corrected chi connectivity index (χ0v) is 17.9. The Labute approximate surface area is 177 Å². The maximum Gasteiger partial charge on any atom is 0.415 e. The van der Waals surface area contributed by atoms with E-state index < -0.39 is 11.7 Å². The van der Waals surface area contributed by atoms with E-state index in [4.69, 9.17) is 14.2 Å². The van der Waals surface area contributed by atoms with Gasteiger partial charge in [0.05, 0.1) is 18.6 Å². The van der Waals surface area contributed by atoms with Crippen molar-refractivity contribution in [3.63, 3.8) is 0 Å². The number of hydrogen-bond acceptors (Lipinski definition) is 6. The molecule has 5 rings (SSSR count). The molecule has 0 bridgehead atoms. The van der Waals surface area contributed by atoms with Gasteiger partial charge in [0.2, 0.25) is 0 Å². The lowest BCUT2D eigenvalue weighted by atomic mass is 9.63. The summed E-state index contributed by atoms with van der Waals surface area (Å²) < 4.78 is 17.7. The first-order chi connectivity index (χ1) is 14.5. The minimum absolute atomic E-state index is 0.0440. The fraction of sp³-hybridized carbons (Fsp3) is 0.609. The molecule has 4 unspecified atom stereocenters. The fourth-order valence-electron chi connectivity index (χ4n) is 5.66. The van der Waals surface area contributed by atoms with Crippen LogP contribution in [0.3, 0.4) is 0 Å². The molecule has 0 radical (unpaired) electrons. The van der Waals surface area contributed by atoms with Crippen molar-refractivity contribution in [1.82, 2.24) is 9.80 Å². The number of methoxy groups -OCH3 is 1. The summed E-state index contributed by atoms with van der Waals surface area (Å²) in [5, 5.41) is 12.0. The minimum atomic E-state index is -0.996. The Morgan fingerprint density at radius 2 is 2.13 bits per heavy atom. The molecule has 7 heteroatoms. The van der Waals surface area contributed by atoms with Gasteiger partial charge in [-0.05, 0) is 50.6 Å². The van der Waals surface area contributed by atoms with Crippen molar-refractivity contribution in [2.45, 2.75) is 56.3 Å². The maximum atomic E-state index is 12.7. The summed E-state index contributed by atoms with van der Waals surface area (Å²) in [6.07, 6.45) is 4.18. The molecule has 7 nitrogen and oxygen atoms in total. The second-order valence-corrected chi connectivity index (χ2v) is 8.84. The first-order valence-electron chi connectivity index (χ1n) is 10.9. The first kappa shape index (κ1) is 19.7. The molecular weight excluding hydrogens is 384 g/mol. The van der Waals surface area contributed by atoms with Crippen LogP contribution in [0.2, 0.25) is 0 Å². The third-order valence-electron chi connectivity index (χ3n) is 7.37. The summed E-state index contributed by atoms with van der Waals surface area (Å²) >= 11 is 0. The quantitative estimate of drug-likeness (QED) is 0.817. The van der Waals surface area contributed by atoms with E-state index in [1.165, 1.54) is 5.56 Å². The van der Waals surface area contributed by atoms with Crippen LogP contribution in [0.4, 0.5) is 4.79 Å². The third-order valence-corrected chi connectivity index (χ3v) is 7.37. The molecule has 1 fully saturated rings. The normalized spacial score (nSPS) is 31.3. The van der Waals surface area contributed by atoms with Crippen LogP contribution < -0.4 is 9.47 Å². The van der Waals surface area contributed by atoms with Gasteiger partial charge in [0, 0.05) is 31.1 Å². The van der Waals surface area contributed by atoms with E-state index in [0.717, 1.165) is 44.5 Å². The molecule has 162 valence electrons. The molecule has 2 heterocycles. The second kappa shape index (κ2) is 7.17. The Balaban J connectivity index is 1.56. The molecule has 2 aliphatic carbocycles. The van der Waals surface area contributed by atoms with E-state index in [-0.39, 0.29) is 18.1 Å². The third kappa shape index (κ3) is 2.75. The Morgan fingerprint density at radius 1 is 1.37 bits per heavy atom. The summed E-state index contributed by atoms with van der Waals surface area (Å²) in [6, 6.07) is 3.96. The topological polar surface area (TPSA) is 71.5 Å². The number of ether oxygens (including phenoxy) is 3. The average Bonchev–Trinajstić information content (AvgIpc) is 3.42. The van der Waals surface area contributed by atoms with Gasteiger partial charge in [-0.1, -0.05) is 13.0 Å². The van der Waals surface area contributed by atoms with Gasteiger partial charge in [-0.3, -0.25) is 0 Å². The van der Waals surface area contributed by atoms with Crippen LogP contribution in [0.25, 0.3) is 0 Å². The average molecular weight is 415 g/mol. The second-order valence-electron chi connectivity index (χ2n) is 8.84. The molecule has 1 aromatic rings. The highest BCUT2D eigenvalue weighted by Crippen LogP contribution is 2.59. The van der Waals surface area contributed by atoms with Gasteiger partial charge < -0.3 is 29.1 Å². The van der Waals surface area contributed by atoms with Crippen molar-refractivity contribution in [2.24, 2.45) is 0 Å². The van der Waals surface area contributed by atoms with Crippen LogP contribution in [0.1, 0.15) is 43.2 Å². The number of benzene rings is 1. The first-order valence-corrected chi connectivity index (χ1v) is 10.9. The van der Waals surface area contributed by atoms with E-state index in [2.05, 4.69) is 24.9 Å². The highest BCUT2D eigenvalue weighted by molar-refractivity contribution is 5.70. The predicted octanol–water partition coefficient (Wildman–Crippen LogP) is 2.67. The Bertz CT molecular complexity index is 894. The lowest BCUT2D eigenvalue weighted by Crippen LogP contribution is -2.61. The van der Waals surface area contributed by atoms with E-state index in [9.17, 15) is 9.90 Å². The Kier molecular flexibility index (Phi) is 4.71. The zero-order valence-electron chi connectivity index (χ0n) is 17.9. The molecule has 2 aliphatic heterocycles. The van der Waals surface area contributed by atoms with Crippen LogP contribution in [0, 0.1) is 0 Å². The lowest BCUT2D eigenvalue weighted by molar-refractivity contribution is -0.0881. The van der Waals surface area contributed by atoms with Crippen molar-refractivity contribution < 1.29 is 24.1 Å². The maximum absolute atomic E-state index is 12.7. The highest BCUT2D eigenvalue weighted by Gasteiger charge is 2.60. The number of carbonyl (C=O) groups excluding carboxylic acids is 1. The molecule has 0 aromatic heterocycles. The van der Waals surface area contributed by atoms with Gasteiger partial charge >= 0.3 is 6.09 Å². The van der Waals surface area contributed by atoms with Crippen LogP contribution in [0.15, 0.2) is 24.0 Å². The lowest BCUT2D eigenvalue weighted by Gasteiger charge is -2.50. The standard InChI is InChI=1S/C23H30N2O5/c1-4-24(2)17-13-14-7-8-15(28-3)20-18(14)19-21(30-20)16(9-10-23(17,19)27)29-22(26)25-11-5-6-12-25/h7-9,17,19,21,27H,4-6,10-13H2,1-3H3. The summed E-state index contributed by atoms with van der Waals surface area (Å²) in [5.41, 5.74) is 1.18. The number of carbonyl (C=O) groups is 1. The molecule has 1 N–H and O–H groups in total. The largest absolute Gasteiger partial charge is 0.493 e. The van der Waals surface area contributed by atoms with Gasteiger partial charge in [0.25, 0.3) is 0 Å². The minimum Gasteiger partial charge on any atom is -0.493 e. The molecule has 30 heavy (non-hydrogen) atoms. The summed E-state index contributed by atoms with van der Waals surface area (Å²) in [4.78, 5) is 16.6. The van der Waals surface area contributed by atoms with E-state index in [1.54, 1.807) is 12.0 Å². The predicted molar refractivity (Wildman–Crippen MR) is 111 cm³/mol. The van der Waals surface area contributed by atoms with E-state index in [0.29, 0.717) is 23.7 Å². The van der Waals surface area contributed by atoms with E-state index >= 15 is 0 Å². The van der Waals surface area contributed by atoms with Gasteiger partial charge in [-0.2, -0.15) is 0 Å². The van der Waals surface area contributed by atoms with Crippen LogP contribution in [-0.4, -0.2) is 72.5 Å².